The minimum absolute atomic E-state index is 0.00933. The Labute approximate surface area is 367 Å². The van der Waals surface area contributed by atoms with Gasteiger partial charge in [0.1, 0.15) is 12.2 Å². The summed E-state index contributed by atoms with van der Waals surface area (Å²) in [6.07, 6.45) is 7.95. The highest BCUT2D eigenvalue weighted by Gasteiger charge is 2.71. The third kappa shape index (κ3) is 7.90. The third-order valence-electron chi connectivity index (χ3n) is 18.4. The molecular formula is C48H73NO13. The topological polar surface area (TPSA) is 171 Å². The summed E-state index contributed by atoms with van der Waals surface area (Å²) in [5.41, 5.74) is -1.22. The molecule has 9 aliphatic rings. The van der Waals surface area contributed by atoms with Crippen molar-refractivity contribution in [3.8, 4) is 0 Å². The van der Waals surface area contributed by atoms with E-state index < -0.39 is 29.9 Å². The summed E-state index contributed by atoms with van der Waals surface area (Å²) >= 11 is 0. The number of amides is 1. The Kier molecular flexibility index (Phi) is 12.7. The van der Waals surface area contributed by atoms with E-state index >= 15 is 0 Å². The van der Waals surface area contributed by atoms with Gasteiger partial charge < -0.3 is 33.7 Å². The Balaban J connectivity index is 0.906. The van der Waals surface area contributed by atoms with E-state index in [1.165, 1.54) is 21.0 Å². The van der Waals surface area contributed by atoms with Crippen LogP contribution < -0.4 is 5.32 Å². The van der Waals surface area contributed by atoms with Crippen molar-refractivity contribution in [2.75, 3.05) is 7.11 Å². The Bertz CT molecular complexity index is 1740. The monoisotopic (exact) mass is 872 g/mol. The molecule has 9 fully saturated rings. The lowest BCUT2D eigenvalue weighted by molar-refractivity contribution is -0.576. The minimum Gasteiger partial charge on any atom is -0.469 e. The molecule has 4 heterocycles. The summed E-state index contributed by atoms with van der Waals surface area (Å²) in [7, 11) is 1.42. The van der Waals surface area contributed by atoms with Crippen LogP contribution in [0.1, 0.15) is 152 Å². The van der Waals surface area contributed by atoms with Crippen molar-refractivity contribution in [3.63, 3.8) is 0 Å². The van der Waals surface area contributed by atoms with Crippen molar-refractivity contribution >= 4 is 29.8 Å². The number of ether oxygens (including phenoxy) is 6. The summed E-state index contributed by atoms with van der Waals surface area (Å²) < 4.78 is 36.4. The number of carbonyl (C=O) groups excluding carboxylic acids is 5. The molecule has 0 aromatic carbocycles. The number of nitrogens with one attached hydrogen (secondary N) is 1. The van der Waals surface area contributed by atoms with Gasteiger partial charge in [0.05, 0.1) is 13.5 Å². The summed E-state index contributed by atoms with van der Waals surface area (Å²) in [6, 6.07) is -0.0957. The molecule has 0 unspecified atom stereocenters. The zero-order valence-corrected chi connectivity index (χ0v) is 38.6. The summed E-state index contributed by atoms with van der Waals surface area (Å²) in [5.74, 6) is -0.955. The second-order valence-corrected chi connectivity index (χ2v) is 21.7. The van der Waals surface area contributed by atoms with Gasteiger partial charge in [0.25, 0.3) is 0 Å². The Morgan fingerprint density at radius 2 is 1.50 bits per heavy atom. The van der Waals surface area contributed by atoms with Crippen molar-refractivity contribution in [1.82, 2.24) is 5.32 Å². The molecule has 1 spiro atoms. The van der Waals surface area contributed by atoms with Crippen LogP contribution in [0.15, 0.2) is 0 Å². The molecule has 0 aromatic rings. The molecule has 19 atom stereocenters. The average molecular weight is 872 g/mol. The lowest BCUT2D eigenvalue weighted by Gasteiger charge is -2.64. The fourth-order valence-corrected chi connectivity index (χ4v) is 15.3. The second kappa shape index (κ2) is 17.2. The molecule has 348 valence electrons. The van der Waals surface area contributed by atoms with Crippen molar-refractivity contribution in [2.45, 2.75) is 194 Å². The van der Waals surface area contributed by atoms with Crippen LogP contribution in [-0.2, 0) is 62.2 Å². The van der Waals surface area contributed by atoms with Crippen LogP contribution >= 0.6 is 0 Å². The van der Waals surface area contributed by atoms with E-state index in [0.29, 0.717) is 38.0 Å². The van der Waals surface area contributed by atoms with E-state index in [-0.39, 0.29) is 119 Å². The lowest BCUT2D eigenvalue weighted by atomic mass is 9.43. The van der Waals surface area contributed by atoms with Crippen LogP contribution in [0.4, 0.5) is 0 Å². The van der Waals surface area contributed by atoms with Crippen LogP contribution in [0.5, 0.6) is 0 Å². The summed E-state index contributed by atoms with van der Waals surface area (Å²) in [6.45, 7) is 16.0. The standard InChI is InChI=1S/C48H73NO13/c1-25(11-16-40(53)55-9)32-13-14-35-42-36(24-38(47(32,35)8)57-29(5)51)45(6)20-18-31(22-30(45)23-37(42)56-28(4)50)49-39(52)15-17-41(54)58-43-27(3)34-12-10-26(2)33-19-21-46(7)60-44(59-43)48(33,34)62-61-46/h25-27,30-38,42-44H,10-24H2,1-9H3,(H,49,52)/t25-,26-,27-,30+,31+,32-,33+,34+,35+,36+,37-,38+,42+,43-,44-,45+,46-,47-,48-/m1/s1. The highest BCUT2D eigenvalue weighted by atomic mass is 17.3. The quantitative estimate of drug-likeness (QED) is 0.124. The number of methoxy groups -OCH3 is 1. The maximum Gasteiger partial charge on any atom is 0.308 e. The van der Waals surface area contributed by atoms with E-state index in [2.05, 4.69) is 33.0 Å². The van der Waals surface area contributed by atoms with Crippen molar-refractivity contribution in [1.29, 1.82) is 0 Å². The molecule has 0 aromatic heterocycles. The molecule has 9 rings (SSSR count). The van der Waals surface area contributed by atoms with Crippen LogP contribution in [0.2, 0.25) is 0 Å². The second-order valence-electron chi connectivity index (χ2n) is 21.7. The highest BCUT2D eigenvalue weighted by Crippen LogP contribution is 2.69. The first-order valence-electron chi connectivity index (χ1n) is 23.9. The maximum atomic E-state index is 13.5. The van der Waals surface area contributed by atoms with E-state index in [0.717, 1.165) is 51.4 Å². The molecule has 62 heavy (non-hydrogen) atoms. The molecule has 0 radical (unpaired) electrons. The number of esters is 4. The summed E-state index contributed by atoms with van der Waals surface area (Å²) in [5, 5.41) is 3.24. The lowest BCUT2D eigenvalue weighted by Crippen LogP contribution is -2.70. The SMILES string of the molecule is COC(=O)CC[C@@H](C)[C@H]1CC[C@H]2[C@@H]3[C@H](OC(C)=O)C[C@@H]4C[C@@H](NC(=O)CCC(=O)O[C@@H]5O[C@@H]6O[C@@]7(C)CC[C@H]8[C@H](C)CC[C@@H]([C@H]5C)[C@@]68OO7)CC[C@]4(C)[C@H]3C[C@H](OC(C)=O)[C@]12C. The fourth-order valence-electron chi connectivity index (χ4n) is 15.3. The van der Waals surface area contributed by atoms with Crippen molar-refractivity contribution in [3.05, 3.63) is 0 Å². The largest absolute Gasteiger partial charge is 0.469 e. The van der Waals surface area contributed by atoms with Crippen LogP contribution in [0.3, 0.4) is 0 Å². The van der Waals surface area contributed by atoms with Gasteiger partial charge in [-0.15, -0.1) is 0 Å². The van der Waals surface area contributed by atoms with E-state index in [1.807, 2.05) is 13.8 Å². The Morgan fingerprint density at radius 1 is 0.758 bits per heavy atom. The smallest absolute Gasteiger partial charge is 0.308 e. The fraction of sp³-hybridized carbons (Fsp3) is 0.896. The molecular weight excluding hydrogens is 799 g/mol. The van der Waals surface area contributed by atoms with Gasteiger partial charge in [-0.3, -0.25) is 24.0 Å². The van der Waals surface area contributed by atoms with E-state index in [4.69, 9.17) is 38.2 Å². The minimum atomic E-state index is -0.932. The zero-order chi connectivity index (χ0) is 44.5. The number of hydrogen-bond acceptors (Lipinski definition) is 13. The summed E-state index contributed by atoms with van der Waals surface area (Å²) in [4.78, 5) is 76.7. The van der Waals surface area contributed by atoms with Crippen LogP contribution in [-0.4, -0.2) is 79.1 Å². The van der Waals surface area contributed by atoms with Gasteiger partial charge in [0, 0.05) is 62.3 Å². The normalized spacial score (nSPS) is 46.9. The van der Waals surface area contributed by atoms with Gasteiger partial charge >= 0.3 is 23.9 Å². The van der Waals surface area contributed by atoms with Crippen molar-refractivity contribution in [2.24, 2.45) is 70.0 Å². The van der Waals surface area contributed by atoms with Gasteiger partial charge in [-0.05, 0) is 124 Å². The predicted molar refractivity (Wildman–Crippen MR) is 222 cm³/mol. The molecule has 4 saturated heterocycles. The number of hydrogen-bond donors (Lipinski definition) is 1. The first-order valence-corrected chi connectivity index (χ1v) is 23.9. The van der Waals surface area contributed by atoms with E-state index in [9.17, 15) is 24.0 Å². The molecule has 1 N–H and O–H groups in total. The average Bonchev–Trinajstić information content (AvgIpc) is 3.42. The molecule has 14 heteroatoms. The molecule has 5 aliphatic carbocycles. The highest BCUT2D eigenvalue weighted by molar-refractivity contribution is 5.81. The Morgan fingerprint density at radius 3 is 2.23 bits per heavy atom. The first-order chi connectivity index (χ1) is 29.3. The molecule has 1 amide bonds. The molecule has 14 nitrogen and oxygen atoms in total. The van der Waals surface area contributed by atoms with Gasteiger partial charge in [0.2, 0.25) is 18.0 Å². The number of carbonyl (C=O) groups is 5. The number of fused-ring (bicyclic) bond motifs is 7. The first kappa shape index (κ1) is 45.7. The van der Waals surface area contributed by atoms with Gasteiger partial charge in [-0.1, -0.05) is 34.6 Å². The van der Waals surface area contributed by atoms with E-state index in [1.54, 1.807) is 0 Å². The molecule has 2 bridgehead atoms. The van der Waals surface area contributed by atoms with Crippen LogP contribution in [0, 0.1) is 70.0 Å². The number of rotatable bonds is 11. The van der Waals surface area contributed by atoms with Gasteiger partial charge in [-0.25, -0.2) is 9.78 Å². The molecule has 5 saturated carbocycles. The Hall–Kier alpha value is -2.81. The van der Waals surface area contributed by atoms with Gasteiger partial charge in [-0.2, -0.15) is 0 Å². The predicted octanol–water partition coefficient (Wildman–Crippen LogP) is 7.33. The molecule has 4 aliphatic heterocycles. The third-order valence-corrected chi connectivity index (χ3v) is 18.4. The maximum absolute atomic E-state index is 13.5. The van der Waals surface area contributed by atoms with Gasteiger partial charge in [0.15, 0.2) is 11.9 Å². The van der Waals surface area contributed by atoms with Crippen molar-refractivity contribution < 1.29 is 62.2 Å². The zero-order valence-electron chi connectivity index (χ0n) is 38.6. The van der Waals surface area contributed by atoms with Crippen LogP contribution in [0.25, 0.3) is 0 Å².